The number of halogens is 1. The third-order valence-electron chi connectivity index (χ3n) is 4.32. The number of aryl methyl sites for hydroxylation is 1. The van der Waals surface area contributed by atoms with E-state index in [-0.39, 0.29) is 12.1 Å². The largest absolute Gasteiger partial charge is 0.444 e. The topological polar surface area (TPSA) is 82.7 Å². The average molecular weight is 396 g/mol. The molecule has 152 valence electrons. The van der Waals surface area contributed by atoms with Crippen molar-refractivity contribution < 1.29 is 13.9 Å². The molecule has 1 aromatic heterocycles. The Kier molecular flexibility index (Phi) is 6.97. The summed E-state index contributed by atoms with van der Waals surface area (Å²) in [6.07, 6.45) is 0.594. The van der Waals surface area contributed by atoms with Crippen molar-refractivity contribution in [1.29, 1.82) is 0 Å². The molecule has 1 heterocycles. The third-order valence-corrected chi connectivity index (χ3v) is 4.32. The van der Waals surface area contributed by atoms with E-state index in [1.54, 1.807) is 24.5 Å². The van der Waals surface area contributed by atoms with E-state index >= 15 is 0 Å². The van der Waals surface area contributed by atoms with Crippen molar-refractivity contribution in [3.63, 3.8) is 0 Å². The lowest BCUT2D eigenvalue weighted by molar-refractivity contribution is 0.176. The van der Waals surface area contributed by atoms with Gasteiger partial charge in [0.15, 0.2) is 5.96 Å². The smallest absolute Gasteiger partial charge is 0.226 e. The second kappa shape index (κ2) is 9.84. The van der Waals surface area contributed by atoms with Crippen LogP contribution >= 0.6 is 0 Å². The molecule has 29 heavy (non-hydrogen) atoms. The van der Waals surface area contributed by atoms with Crippen LogP contribution in [0.2, 0.25) is 0 Å². The third kappa shape index (κ3) is 5.65. The Labute approximate surface area is 169 Å². The van der Waals surface area contributed by atoms with Gasteiger partial charge >= 0.3 is 0 Å². The Morgan fingerprint density at radius 1 is 1.17 bits per heavy atom. The molecular weight excluding hydrogens is 371 g/mol. The number of benzene rings is 2. The van der Waals surface area contributed by atoms with Crippen molar-refractivity contribution in [3.05, 3.63) is 77.4 Å². The minimum Gasteiger partial charge on any atom is -0.444 e. The van der Waals surface area contributed by atoms with Crippen LogP contribution in [0.25, 0.3) is 11.5 Å². The molecule has 2 aromatic carbocycles. The lowest BCUT2D eigenvalue weighted by Gasteiger charge is -2.15. The molecule has 1 unspecified atom stereocenters. The highest BCUT2D eigenvalue weighted by atomic mass is 19.1. The first kappa shape index (κ1) is 20.5. The molecule has 0 amide bonds. The van der Waals surface area contributed by atoms with Crippen LogP contribution in [0.3, 0.4) is 0 Å². The Morgan fingerprint density at radius 3 is 2.66 bits per heavy atom. The molecular formula is C22H25FN4O2. The molecule has 0 saturated heterocycles. The minimum atomic E-state index is -0.986. The normalized spacial score (nSPS) is 12.6. The Bertz CT molecular complexity index is 953. The predicted octanol–water partition coefficient (Wildman–Crippen LogP) is 3.58. The van der Waals surface area contributed by atoms with Crippen LogP contribution in [0.1, 0.15) is 29.8 Å². The number of nitrogens with zero attached hydrogens (tertiary/aromatic N) is 2. The second-order valence-corrected chi connectivity index (χ2v) is 6.62. The number of nitrogens with one attached hydrogen (secondary N) is 2. The monoisotopic (exact) mass is 396 g/mol. The summed E-state index contributed by atoms with van der Waals surface area (Å²) >= 11 is 0. The number of guanidine groups is 1. The van der Waals surface area contributed by atoms with Gasteiger partial charge in [0.25, 0.3) is 0 Å². The molecule has 0 aliphatic rings. The van der Waals surface area contributed by atoms with E-state index < -0.39 is 11.9 Å². The van der Waals surface area contributed by atoms with Crippen LogP contribution in [0.15, 0.2) is 64.2 Å². The highest BCUT2D eigenvalue weighted by Gasteiger charge is 2.13. The summed E-state index contributed by atoms with van der Waals surface area (Å²) < 4.78 is 19.3. The van der Waals surface area contributed by atoms with E-state index in [2.05, 4.69) is 20.6 Å². The molecule has 0 aliphatic carbocycles. The lowest BCUT2D eigenvalue weighted by Crippen LogP contribution is -2.39. The SMILES string of the molecule is CCNC(=NCc1coc(-c2ccc(C)cc2)n1)NCC(O)c1ccccc1F. The Hall–Kier alpha value is -3.19. The summed E-state index contributed by atoms with van der Waals surface area (Å²) in [6.45, 7) is 5.05. The number of aliphatic imine (C=N–C) groups is 1. The van der Waals surface area contributed by atoms with Gasteiger partial charge in [-0.15, -0.1) is 0 Å². The van der Waals surface area contributed by atoms with E-state index in [4.69, 9.17) is 4.42 Å². The van der Waals surface area contributed by atoms with Crippen LogP contribution in [-0.2, 0) is 6.54 Å². The first-order valence-electron chi connectivity index (χ1n) is 9.53. The summed E-state index contributed by atoms with van der Waals surface area (Å²) in [7, 11) is 0. The first-order chi connectivity index (χ1) is 14.1. The fourth-order valence-corrected chi connectivity index (χ4v) is 2.76. The van der Waals surface area contributed by atoms with Gasteiger partial charge < -0.3 is 20.2 Å². The molecule has 0 aliphatic heterocycles. The Balaban J connectivity index is 1.62. The maximum absolute atomic E-state index is 13.8. The van der Waals surface area contributed by atoms with Crippen LogP contribution < -0.4 is 10.6 Å². The van der Waals surface area contributed by atoms with Crippen molar-refractivity contribution in [2.24, 2.45) is 4.99 Å². The van der Waals surface area contributed by atoms with Crippen molar-refractivity contribution >= 4 is 5.96 Å². The molecule has 0 radical (unpaired) electrons. The Morgan fingerprint density at radius 2 is 1.93 bits per heavy atom. The van der Waals surface area contributed by atoms with Crippen LogP contribution in [0, 0.1) is 12.7 Å². The molecule has 3 N–H and O–H groups in total. The highest BCUT2D eigenvalue weighted by Crippen LogP contribution is 2.19. The first-order valence-corrected chi connectivity index (χ1v) is 9.53. The summed E-state index contributed by atoms with van der Waals surface area (Å²) in [5.41, 5.74) is 3.01. The number of hydrogen-bond donors (Lipinski definition) is 3. The van der Waals surface area contributed by atoms with Gasteiger partial charge in [0.05, 0.1) is 12.6 Å². The number of oxazole rings is 1. The fraction of sp³-hybridized carbons (Fsp3) is 0.273. The van der Waals surface area contributed by atoms with E-state index in [1.807, 2.05) is 38.1 Å². The van der Waals surface area contributed by atoms with Gasteiger partial charge in [0.2, 0.25) is 5.89 Å². The maximum atomic E-state index is 13.8. The van der Waals surface area contributed by atoms with E-state index in [0.29, 0.717) is 30.6 Å². The molecule has 0 spiro atoms. The van der Waals surface area contributed by atoms with Gasteiger partial charge in [-0.05, 0) is 32.0 Å². The van der Waals surface area contributed by atoms with Crippen molar-refractivity contribution in [1.82, 2.24) is 15.6 Å². The highest BCUT2D eigenvalue weighted by molar-refractivity contribution is 5.79. The van der Waals surface area contributed by atoms with Crippen molar-refractivity contribution in [2.45, 2.75) is 26.5 Å². The summed E-state index contributed by atoms with van der Waals surface area (Å²) in [4.78, 5) is 8.93. The molecule has 7 heteroatoms. The fourth-order valence-electron chi connectivity index (χ4n) is 2.76. The van der Waals surface area contributed by atoms with E-state index in [9.17, 15) is 9.50 Å². The maximum Gasteiger partial charge on any atom is 0.226 e. The molecule has 3 rings (SSSR count). The zero-order valence-corrected chi connectivity index (χ0v) is 16.5. The molecule has 1 atom stereocenters. The van der Waals surface area contributed by atoms with Gasteiger partial charge in [-0.25, -0.2) is 14.4 Å². The number of rotatable bonds is 7. The molecule has 0 bridgehead atoms. The van der Waals surface area contributed by atoms with Gasteiger partial charge in [0, 0.05) is 24.2 Å². The second-order valence-electron chi connectivity index (χ2n) is 6.62. The molecule has 0 fully saturated rings. The van der Waals surface area contributed by atoms with Gasteiger partial charge in [-0.2, -0.15) is 0 Å². The molecule has 6 nitrogen and oxygen atoms in total. The van der Waals surface area contributed by atoms with Gasteiger partial charge in [-0.1, -0.05) is 35.9 Å². The van der Waals surface area contributed by atoms with Crippen LogP contribution in [0.5, 0.6) is 0 Å². The summed E-state index contributed by atoms with van der Waals surface area (Å²) in [5.74, 6) is 0.612. The molecule has 0 saturated carbocycles. The number of aliphatic hydroxyl groups is 1. The summed E-state index contributed by atoms with van der Waals surface area (Å²) in [6, 6.07) is 14.1. The minimum absolute atomic E-state index is 0.125. The van der Waals surface area contributed by atoms with E-state index in [1.165, 1.54) is 11.6 Å². The average Bonchev–Trinajstić information content (AvgIpc) is 3.20. The van der Waals surface area contributed by atoms with Crippen LogP contribution in [0.4, 0.5) is 4.39 Å². The van der Waals surface area contributed by atoms with Gasteiger partial charge in [-0.3, -0.25) is 0 Å². The number of aliphatic hydroxyl groups excluding tert-OH is 1. The molecule has 3 aromatic rings. The van der Waals surface area contributed by atoms with E-state index in [0.717, 1.165) is 5.56 Å². The predicted molar refractivity (Wildman–Crippen MR) is 111 cm³/mol. The quantitative estimate of drug-likeness (QED) is 0.420. The lowest BCUT2D eigenvalue weighted by atomic mass is 10.1. The number of aromatic nitrogens is 1. The van der Waals surface area contributed by atoms with Gasteiger partial charge in [0.1, 0.15) is 17.8 Å². The van der Waals surface area contributed by atoms with Crippen molar-refractivity contribution in [2.75, 3.05) is 13.1 Å². The zero-order valence-electron chi connectivity index (χ0n) is 16.5. The van der Waals surface area contributed by atoms with Crippen LogP contribution in [-0.4, -0.2) is 29.1 Å². The summed E-state index contributed by atoms with van der Waals surface area (Å²) in [5, 5.41) is 16.4. The zero-order chi connectivity index (χ0) is 20.6. The standard InChI is InChI=1S/C22H25FN4O2/c1-3-24-22(26-13-20(28)18-6-4-5-7-19(18)23)25-12-17-14-29-21(27-17)16-10-8-15(2)9-11-16/h4-11,14,20,28H,3,12-13H2,1-2H3,(H2,24,25,26). The van der Waals surface area contributed by atoms with Crippen molar-refractivity contribution in [3.8, 4) is 11.5 Å². The number of hydrogen-bond acceptors (Lipinski definition) is 4.